The van der Waals surface area contributed by atoms with Crippen LogP contribution in [0.15, 0.2) is 130 Å². The van der Waals surface area contributed by atoms with Gasteiger partial charge in [-0.1, -0.05) is 41.9 Å². The molecule has 5 aromatic carbocycles. The van der Waals surface area contributed by atoms with E-state index in [1.165, 1.54) is 36.0 Å². The molecule has 0 aliphatic carbocycles. The maximum absolute atomic E-state index is 15.6. The fraction of sp³-hybridized carbons (Fsp3) is 0.271. The van der Waals surface area contributed by atoms with Gasteiger partial charge in [-0.3, -0.25) is 9.25 Å². The zero-order chi connectivity index (χ0) is 49.8. The number of halogens is 2. The fourth-order valence-electron chi connectivity index (χ4n) is 8.41. The number of thioether (sulfide) groups is 1. The molecule has 1 saturated heterocycles. The van der Waals surface area contributed by atoms with E-state index in [9.17, 15) is 41.1 Å². The number of phosphoric acid groups is 1. The second kappa shape index (κ2) is 21.3. The van der Waals surface area contributed by atoms with Crippen LogP contribution in [0.5, 0.6) is 0 Å². The number of sulfone groups is 1. The number of hydrogen-bond donors (Lipinski definition) is 5. The van der Waals surface area contributed by atoms with Crippen LogP contribution < -0.4 is 19.8 Å². The maximum atomic E-state index is 15.6. The lowest BCUT2D eigenvalue weighted by Gasteiger charge is -2.37. The number of carboxylic acid groups (broad SMARTS) is 1. The van der Waals surface area contributed by atoms with Crippen LogP contribution in [-0.4, -0.2) is 93.1 Å². The molecule has 69 heavy (non-hydrogen) atoms. The molecule has 0 saturated carbocycles. The molecule has 0 amide bonds. The standard InChI is InChI=1S/C48H52ClFN5O10PS3/c1-31(2)55-32(3)45(48(56)57)46(47(55)33-10-12-35(49)13-11-33)34-26-36(50)28-40(27-34)54-23-21-53(22-24-54)39-16-14-37(15-17-39)52-69(63,64)42-18-19-43(44(29-42)68(4,61)62)51-38(20-25-65-66(58,59)60)30-67-41-8-6-5-7-9-41/h5-19,26-29,31,38,51-52H,20-25,30H2,1-4H3,(H,56,57)(H2,58,59,60). The van der Waals surface area contributed by atoms with E-state index in [0.717, 1.165) is 28.5 Å². The minimum Gasteiger partial charge on any atom is -0.478 e. The summed E-state index contributed by atoms with van der Waals surface area (Å²) in [6.07, 6.45) is 1.05. The summed E-state index contributed by atoms with van der Waals surface area (Å²) < 4.78 is 89.7. The van der Waals surface area contributed by atoms with Gasteiger partial charge in [0.1, 0.15) is 5.82 Å². The maximum Gasteiger partial charge on any atom is 0.469 e. The lowest BCUT2D eigenvalue weighted by Crippen LogP contribution is -2.46. The smallest absolute Gasteiger partial charge is 0.469 e. The summed E-state index contributed by atoms with van der Waals surface area (Å²) in [4.78, 5) is 35.7. The molecule has 21 heteroatoms. The number of aromatic carboxylic acids is 1. The number of anilines is 4. The summed E-state index contributed by atoms with van der Waals surface area (Å²) in [7, 11) is -13.0. The second-order valence-corrected chi connectivity index (χ2v) is 23.2. The van der Waals surface area contributed by atoms with Crippen LogP contribution in [0.4, 0.5) is 27.1 Å². The average molecular weight is 1040 g/mol. The normalized spacial score (nSPS) is 14.0. The Balaban J connectivity index is 1.05. The van der Waals surface area contributed by atoms with E-state index in [1.54, 1.807) is 43.3 Å². The van der Waals surface area contributed by atoms with E-state index in [-0.39, 0.29) is 45.8 Å². The van der Waals surface area contributed by atoms with Crippen molar-refractivity contribution in [3.8, 4) is 22.4 Å². The molecular weight excluding hydrogens is 988 g/mol. The van der Waals surface area contributed by atoms with Gasteiger partial charge in [-0.15, -0.1) is 11.8 Å². The Morgan fingerprint density at radius 1 is 0.855 bits per heavy atom. The van der Waals surface area contributed by atoms with Crippen LogP contribution in [0, 0.1) is 12.7 Å². The predicted molar refractivity (Wildman–Crippen MR) is 271 cm³/mol. The molecule has 1 aromatic heterocycles. The molecule has 1 unspecified atom stereocenters. The highest BCUT2D eigenvalue weighted by atomic mass is 35.5. The van der Waals surface area contributed by atoms with Gasteiger partial charge in [0.05, 0.1) is 33.3 Å². The Morgan fingerprint density at radius 2 is 1.49 bits per heavy atom. The van der Waals surface area contributed by atoms with Crippen molar-refractivity contribution < 1.29 is 50.0 Å². The molecule has 0 bridgehead atoms. The molecule has 1 atom stereocenters. The first kappa shape index (κ1) is 51.5. The van der Waals surface area contributed by atoms with Crippen molar-refractivity contribution in [2.45, 2.75) is 54.0 Å². The Labute approximate surface area is 410 Å². The first-order valence-electron chi connectivity index (χ1n) is 21.7. The lowest BCUT2D eigenvalue weighted by atomic mass is 9.96. The Morgan fingerprint density at radius 3 is 2.09 bits per heavy atom. The van der Waals surface area contributed by atoms with E-state index >= 15 is 4.39 Å². The van der Waals surface area contributed by atoms with Crippen molar-refractivity contribution in [2.75, 3.05) is 64.6 Å². The molecule has 6 aromatic rings. The molecule has 1 aliphatic rings. The molecule has 1 fully saturated rings. The van der Waals surface area contributed by atoms with Gasteiger partial charge in [-0.25, -0.2) is 30.6 Å². The highest BCUT2D eigenvalue weighted by Gasteiger charge is 2.30. The summed E-state index contributed by atoms with van der Waals surface area (Å²) in [6.45, 7) is 7.44. The van der Waals surface area contributed by atoms with E-state index in [1.807, 2.05) is 71.8 Å². The molecular formula is C48H52ClFN5O10PS3. The summed E-state index contributed by atoms with van der Waals surface area (Å²) in [5.41, 5.74) is 4.64. The summed E-state index contributed by atoms with van der Waals surface area (Å²) in [5, 5.41) is 14.1. The number of rotatable bonds is 19. The lowest BCUT2D eigenvalue weighted by molar-refractivity contribution is 0.0696. The summed E-state index contributed by atoms with van der Waals surface area (Å²) in [6, 6.07) is 30.9. The predicted octanol–water partition coefficient (Wildman–Crippen LogP) is 9.81. The number of piperazine rings is 1. The number of hydrogen-bond acceptors (Lipinski definition) is 11. The Hall–Kier alpha value is -5.37. The Kier molecular flexibility index (Phi) is 15.9. The molecule has 0 radical (unpaired) electrons. The molecule has 1 aliphatic heterocycles. The van der Waals surface area contributed by atoms with E-state index in [4.69, 9.17) is 11.6 Å². The first-order chi connectivity index (χ1) is 32.6. The van der Waals surface area contributed by atoms with Gasteiger partial charge in [0.2, 0.25) is 0 Å². The minimum absolute atomic E-state index is 0.0907. The highest BCUT2D eigenvalue weighted by Crippen LogP contribution is 2.43. The van der Waals surface area contributed by atoms with Gasteiger partial charge in [0.25, 0.3) is 10.0 Å². The van der Waals surface area contributed by atoms with Crippen LogP contribution in [0.2, 0.25) is 5.02 Å². The van der Waals surface area contributed by atoms with E-state index < -0.39 is 45.5 Å². The second-order valence-electron chi connectivity index (χ2n) is 16.8. The summed E-state index contributed by atoms with van der Waals surface area (Å²) >= 11 is 7.66. The summed E-state index contributed by atoms with van der Waals surface area (Å²) in [5.74, 6) is -1.27. The van der Waals surface area contributed by atoms with Crippen LogP contribution in [0.25, 0.3) is 22.4 Å². The zero-order valence-corrected chi connectivity index (χ0v) is 42.1. The number of aromatic nitrogens is 1. The molecule has 5 N–H and O–H groups in total. The number of carboxylic acids is 1. The third-order valence-corrected chi connectivity index (χ3v) is 16.0. The van der Waals surface area contributed by atoms with Crippen molar-refractivity contribution in [3.05, 3.63) is 137 Å². The van der Waals surface area contributed by atoms with Crippen molar-refractivity contribution in [1.82, 2.24) is 4.57 Å². The zero-order valence-electron chi connectivity index (χ0n) is 38.0. The SMILES string of the molecule is Cc1c(C(=O)O)c(-c2cc(F)cc(N3CCN(c4ccc(NS(=O)(=O)c5ccc(NC(CCOP(=O)(O)O)CSc6ccccc6)c(S(C)(=O)=O)c5)cc4)CC3)c2)c(-c2ccc(Cl)cc2)n1C(C)C. The molecule has 366 valence electrons. The van der Waals surface area contributed by atoms with Crippen LogP contribution >= 0.6 is 31.2 Å². The van der Waals surface area contributed by atoms with Gasteiger partial charge in [-0.05, 0) is 123 Å². The first-order valence-corrected chi connectivity index (χ1v) is 28.0. The van der Waals surface area contributed by atoms with Crippen molar-refractivity contribution in [3.63, 3.8) is 0 Å². The number of sulfonamides is 1. The van der Waals surface area contributed by atoms with Crippen LogP contribution in [0.3, 0.4) is 0 Å². The minimum atomic E-state index is -4.76. The highest BCUT2D eigenvalue weighted by molar-refractivity contribution is 7.99. The molecule has 0 spiro atoms. The topological polar surface area (TPSA) is 208 Å². The van der Waals surface area contributed by atoms with Crippen LogP contribution in [0.1, 0.15) is 42.4 Å². The average Bonchev–Trinajstić information content (AvgIpc) is 3.61. The number of nitrogens with one attached hydrogen (secondary N) is 2. The molecule has 7 rings (SSSR count). The fourth-order valence-corrected chi connectivity index (χ4v) is 11.9. The number of carbonyl (C=O) groups is 1. The molecule has 15 nitrogen and oxygen atoms in total. The third-order valence-electron chi connectivity index (χ3n) is 11.5. The van der Waals surface area contributed by atoms with Gasteiger partial charge in [0.15, 0.2) is 9.84 Å². The van der Waals surface area contributed by atoms with Gasteiger partial charge >= 0.3 is 13.8 Å². The Bertz CT molecular complexity index is 3090. The monoisotopic (exact) mass is 1040 g/mol. The van der Waals surface area contributed by atoms with Crippen molar-refractivity contribution in [2.24, 2.45) is 0 Å². The van der Waals surface area contributed by atoms with Gasteiger partial charge in [0, 0.05) is 88.5 Å². The number of benzene rings is 5. The van der Waals surface area contributed by atoms with Gasteiger partial charge < -0.3 is 34.6 Å². The van der Waals surface area contributed by atoms with Crippen molar-refractivity contribution >= 4 is 79.8 Å². The molecule has 2 heterocycles. The number of phosphoric ester groups is 1. The quantitative estimate of drug-likeness (QED) is 0.0378. The third kappa shape index (κ3) is 12.7. The van der Waals surface area contributed by atoms with Crippen LogP contribution in [-0.2, 0) is 28.9 Å². The van der Waals surface area contributed by atoms with Gasteiger partial charge in [-0.2, -0.15) is 0 Å². The van der Waals surface area contributed by atoms with Crippen molar-refractivity contribution in [1.29, 1.82) is 0 Å². The van der Waals surface area contributed by atoms with E-state index in [0.29, 0.717) is 65.2 Å². The number of nitrogens with zero attached hydrogens (tertiary/aromatic N) is 3. The van der Waals surface area contributed by atoms with E-state index in [2.05, 4.69) is 19.5 Å². The largest absolute Gasteiger partial charge is 0.478 e.